The first-order chi connectivity index (χ1) is 62.2. The van der Waals surface area contributed by atoms with Crippen molar-refractivity contribution in [1.29, 1.82) is 0 Å². The van der Waals surface area contributed by atoms with Gasteiger partial charge < -0.3 is 92.6 Å². The minimum absolute atomic E-state index is 0. The summed E-state index contributed by atoms with van der Waals surface area (Å²) in [5.74, 6) is -2.73. The van der Waals surface area contributed by atoms with Crippen molar-refractivity contribution in [3.05, 3.63) is 274 Å². The summed E-state index contributed by atoms with van der Waals surface area (Å²) < 4.78 is 75.6. The maximum atomic E-state index is 13.4. The number of aliphatic carboxylic acids is 4. The number of carbonyl (C=O) groups excluding carboxylic acids is 9. The van der Waals surface area contributed by atoms with E-state index in [4.69, 9.17) is 37.3 Å². The number of aromatic nitrogens is 8. The summed E-state index contributed by atoms with van der Waals surface area (Å²) in [6, 6.07) is 44.4. The Morgan fingerprint density at radius 1 is 0.336 bits per heavy atom. The number of hydrogen-bond acceptors (Lipinski definition) is 31. The number of rotatable bonds is 33. The second kappa shape index (κ2) is 72.4. The van der Waals surface area contributed by atoms with Crippen molar-refractivity contribution in [2.24, 2.45) is 28.2 Å². The van der Waals surface area contributed by atoms with E-state index in [1.54, 1.807) is 166 Å². The van der Waals surface area contributed by atoms with E-state index in [1.807, 2.05) is 170 Å². The number of nitrogens with zero attached hydrogens (tertiary/aromatic N) is 17. The van der Waals surface area contributed by atoms with E-state index in [2.05, 4.69) is 57.4 Å². The monoisotopic (exact) mass is 2120 g/mol. The summed E-state index contributed by atoms with van der Waals surface area (Å²) in [4.78, 5) is 125. The van der Waals surface area contributed by atoms with Gasteiger partial charge in [0.05, 0.1) is 50.1 Å². The Balaban J connectivity index is -0.000000513. The summed E-state index contributed by atoms with van der Waals surface area (Å²) in [7, 11) is 14.6. The van der Waals surface area contributed by atoms with E-state index in [0.717, 1.165) is 88.7 Å². The number of amides is 5. The number of carboxylic acid groups (broad SMARTS) is 4. The molecule has 40 nitrogen and oxygen atoms in total. The molecule has 0 bridgehead atoms. The van der Waals surface area contributed by atoms with Gasteiger partial charge in [-0.15, -0.1) is 20.5 Å². The molecule has 0 fully saturated rings. The molecule has 137 heavy (non-hydrogen) atoms. The number of carbonyl (C=O) groups is 9. The Labute approximate surface area is 845 Å². The molecule has 0 atom stereocenters. The van der Waals surface area contributed by atoms with Crippen LogP contribution in [0, 0.1) is 34.3 Å². The van der Waals surface area contributed by atoms with Crippen LogP contribution in [-0.2, 0) is 190 Å². The molecule has 0 N–H and O–H groups in total. The van der Waals surface area contributed by atoms with Gasteiger partial charge >= 0.3 is 66.0 Å². The van der Waals surface area contributed by atoms with E-state index in [-0.39, 0.29) is 116 Å². The first-order valence-electron chi connectivity index (χ1n) is 40.4. The molecule has 0 radical (unpaired) electrons. The molecule has 4 heterocycles. The third-order valence-corrected chi connectivity index (χ3v) is 17.6. The first-order valence-corrected chi connectivity index (χ1v) is 42.9. The SMILES string of the molecule is CN(C)C=O.CN(C)C=O.CN(C)C=O.CN(C)C=O.CN(C)C=O.Cc1cc(CN(CC(=O)[O-])Cc2nccn2C)c([O-])c(CN(Cc2nccn2C)C(C)C)c1.Cc1cc(CN(CC(=O)[O-])Cc2nccn2C)c([O-])c(CN(Cc2nccn2C)C(C)C)c1.O=C([O-])C(c1ccccc1)c1ccccc1.O=C([O-])C(c1ccccc1)c1ccccc1.[Ni+2].[Ni+2].[Ni+2].[Ni+2].[O-][Cl+3]([O-])([O-])[O-].[O-][Cl+3]([O-])([O-])[O-]. The number of aryl methyl sites for hydroxylation is 6. The number of carboxylic acids is 4. The molecule has 46 heteroatoms. The number of benzene rings is 6. The molecule has 10 aromatic rings. The largest absolute Gasteiger partial charge is 2.00 e. The minimum Gasteiger partial charge on any atom is -0.872 e. The Kier molecular flexibility index (Phi) is 71.1. The normalized spacial score (nSPS) is 10.2. The van der Waals surface area contributed by atoms with Gasteiger partial charge in [-0.3, -0.25) is 43.6 Å². The quantitative estimate of drug-likeness (QED) is 0.0273. The Morgan fingerprint density at radius 3 is 0.672 bits per heavy atom. The van der Waals surface area contributed by atoms with Gasteiger partial charge in [0.2, 0.25) is 32.1 Å². The fourth-order valence-corrected chi connectivity index (χ4v) is 11.3. The van der Waals surface area contributed by atoms with Crippen LogP contribution < -0.4 is 67.9 Å². The minimum atomic E-state index is -4.94. The first kappa shape index (κ1) is 135. The summed E-state index contributed by atoms with van der Waals surface area (Å²) >= 11 is 0. The zero-order valence-electron chi connectivity index (χ0n) is 79.8. The average Bonchev–Trinajstić information content (AvgIpc) is 1.72. The van der Waals surface area contributed by atoms with Crippen molar-refractivity contribution in [1.82, 2.24) is 82.3 Å². The number of hydrogen-bond donors (Lipinski definition) is 0. The van der Waals surface area contributed by atoms with Crippen LogP contribution >= 0.6 is 0 Å². The van der Waals surface area contributed by atoms with Gasteiger partial charge in [-0.1, -0.05) is 168 Å². The van der Waals surface area contributed by atoms with E-state index in [0.29, 0.717) is 61.5 Å². The Bertz CT molecular complexity index is 4560. The number of imidazole rings is 4. The third-order valence-electron chi connectivity index (χ3n) is 17.6. The van der Waals surface area contributed by atoms with Gasteiger partial charge in [0.1, 0.15) is 23.3 Å². The molecule has 762 valence electrons. The average molecular weight is 2130 g/mol. The van der Waals surface area contributed by atoms with Gasteiger partial charge in [-0.2, -0.15) is 0 Å². The standard InChI is InChI=1S/2C24H34N6O3.2C14H12O2.5C3H7NO.2ClHO4.4Ni/c2*1-17(2)30(15-22-26-7-9-28(22)5)13-20-11-18(3)10-19(24(20)33)12-29(16-23(31)32)14-21-25-6-8-27(21)4;2*15-14(16)13(11-7-3-1-4-8-11)12-9-5-2-6-10-12;5*1-4(2)3-5;2*2-1(3,4)5;;;;/h2*6-11,17,33H,12-16H2,1-5H3,(H,31,32);2*1-10,13H,(H,15,16);5*3H,1-2H3;2*(H,2,3,4,5);;;;/q;;;;;;;;;;;4*+2/p-8. The fourth-order valence-electron chi connectivity index (χ4n) is 11.3. The van der Waals surface area contributed by atoms with E-state index in [1.165, 1.54) is 24.5 Å². The fraction of sp³-hybridized carbons (Fsp3) is 0.374. The second-order valence-corrected chi connectivity index (χ2v) is 32.4. The van der Waals surface area contributed by atoms with Gasteiger partial charge in [0.25, 0.3) is 0 Å². The van der Waals surface area contributed by atoms with Gasteiger partial charge in [-0.25, -0.2) is 57.2 Å². The Morgan fingerprint density at radius 2 is 0.518 bits per heavy atom. The van der Waals surface area contributed by atoms with E-state index >= 15 is 0 Å². The van der Waals surface area contributed by atoms with Crippen molar-refractivity contribution >= 4 is 55.9 Å². The maximum Gasteiger partial charge on any atom is 2.00 e. The van der Waals surface area contributed by atoms with Crippen LogP contribution in [0.5, 0.6) is 11.5 Å². The molecule has 0 aliphatic heterocycles. The summed E-state index contributed by atoms with van der Waals surface area (Å²) in [5, 5.41) is 71.9. The summed E-state index contributed by atoms with van der Waals surface area (Å²) in [5.41, 5.74) is 7.43. The van der Waals surface area contributed by atoms with Gasteiger partial charge in [0.15, 0.2) is 0 Å². The molecule has 4 aromatic heterocycles. The van der Waals surface area contributed by atoms with Crippen LogP contribution in [0.1, 0.15) is 118 Å². The topological polar surface area (TPSA) is 577 Å². The van der Waals surface area contributed by atoms with Gasteiger partial charge in [-0.05, 0) is 86.1 Å². The Hall–Kier alpha value is -10.9. The number of halogens is 2. The maximum absolute atomic E-state index is 13.4. The molecule has 0 aliphatic carbocycles. The van der Waals surface area contributed by atoms with Crippen molar-refractivity contribution < 1.29 is 198 Å². The zero-order valence-corrected chi connectivity index (χ0v) is 85.2. The van der Waals surface area contributed by atoms with E-state index < -0.39 is 56.2 Å². The van der Waals surface area contributed by atoms with Gasteiger partial charge in [0, 0.05) is 211 Å². The third kappa shape index (κ3) is 61.8. The predicted molar refractivity (Wildman–Crippen MR) is 459 cm³/mol. The van der Waals surface area contributed by atoms with Crippen molar-refractivity contribution in [3.63, 3.8) is 0 Å². The molecule has 0 aliphatic rings. The zero-order chi connectivity index (χ0) is 101. The van der Waals surface area contributed by atoms with Crippen LogP contribution in [0.25, 0.3) is 0 Å². The predicted octanol–water partition coefficient (Wildman–Crippen LogP) is -6.47. The molecule has 10 rings (SSSR count). The smallest absolute Gasteiger partial charge is 0.872 e. The van der Waals surface area contributed by atoms with Crippen molar-refractivity contribution in [2.75, 3.05) is 83.6 Å². The molecular weight excluding hydrogens is 2000 g/mol. The van der Waals surface area contributed by atoms with Crippen molar-refractivity contribution in [3.8, 4) is 11.5 Å². The molecule has 0 spiro atoms. The molecule has 0 saturated heterocycles. The second-order valence-electron chi connectivity index (χ2n) is 30.9. The summed E-state index contributed by atoms with van der Waals surface area (Å²) in [6.45, 7) is 14.9. The molecule has 0 unspecified atom stereocenters. The molecule has 0 saturated carbocycles. The summed E-state index contributed by atoms with van der Waals surface area (Å²) in [6.07, 6.45) is 18.0. The molecular formula is C91H121Cl2N17Ni4O23. The molecule has 6 aromatic carbocycles. The van der Waals surface area contributed by atoms with E-state index in [9.17, 15) is 73.8 Å². The van der Waals surface area contributed by atoms with Crippen LogP contribution in [-0.4, -0.2) is 234 Å². The van der Waals surface area contributed by atoms with Crippen molar-refractivity contribution in [2.45, 2.75) is 118 Å². The molecule has 5 amide bonds. The van der Waals surface area contributed by atoms with Crippen LogP contribution in [0.15, 0.2) is 195 Å². The van der Waals surface area contributed by atoms with Crippen LogP contribution in [0.3, 0.4) is 0 Å². The van der Waals surface area contributed by atoms with Crippen LogP contribution in [0.2, 0.25) is 0 Å². The van der Waals surface area contributed by atoms with Crippen LogP contribution in [0.4, 0.5) is 0 Å².